The van der Waals surface area contributed by atoms with Gasteiger partial charge in [0.05, 0.1) is 13.2 Å². The van der Waals surface area contributed by atoms with Crippen molar-refractivity contribution in [3.05, 3.63) is 35.4 Å². The van der Waals surface area contributed by atoms with Crippen LogP contribution in [0.3, 0.4) is 0 Å². The summed E-state index contributed by atoms with van der Waals surface area (Å²) in [7, 11) is 1.65. The van der Waals surface area contributed by atoms with Crippen molar-refractivity contribution in [2.45, 2.75) is 32.5 Å². The number of aliphatic imine (C=N–C) groups is 1. The van der Waals surface area contributed by atoms with Crippen LogP contribution in [0.4, 0.5) is 8.78 Å². The largest absolute Gasteiger partial charge is 0.379 e. The van der Waals surface area contributed by atoms with Crippen molar-refractivity contribution in [1.82, 2.24) is 15.5 Å². The van der Waals surface area contributed by atoms with Gasteiger partial charge in [0.25, 0.3) is 0 Å². The van der Waals surface area contributed by atoms with Crippen LogP contribution in [-0.2, 0) is 11.3 Å². The Morgan fingerprint density at radius 3 is 2.92 bits per heavy atom. The van der Waals surface area contributed by atoms with Crippen molar-refractivity contribution in [3.8, 4) is 0 Å². The normalized spacial score (nSPS) is 20.7. The number of guanidine groups is 1. The monoisotopic (exact) mass is 340 g/mol. The Labute approximate surface area is 142 Å². The van der Waals surface area contributed by atoms with E-state index in [0.717, 1.165) is 31.9 Å². The molecule has 0 saturated carbocycles. The molecule has 2 rings (SSSR count). The molecule has 0 radical (unpaired) electrons. The molecular weight excluding hydrogens is 314 g/mol. The first-order chi connectivity index (χ1) is 11.5. The third kappa shape index (κ3) is 5.14. The minimum atomic E-state index is -0.453. The second-order valence-electron chi connectivity index (χ2n) is 6.05. The highest BCUT2D eigenvalue weighted by atomic mass is 19.1. The molecule has 7 heteroatoms. The number of morpholine rings is 1. The highest BCUT2D eigenvalue weighted by Gasteiger charge is 2.23. The quantitative estimate of drug-likeness (QED) is 0.633. The van der Waals surface area contributed by atoms with Crippen molar-refractivity contribution in [2.75, 3.05) is 33.4 Å². The van der Waals surface area contributed by atoms with Crippen LogP contribution in [-0.4, -0.2) is 56.3 Å². The molecule has 1 aliphatic heterocycles. The predicted molar refractivity (Wildman–Crippen MR) is 91.0 cm³/mol. The van der Waals surface area contributed by atoms with Crippen LogP contribution in [0, 0.1) is 11.6 Å². The van der Waals surface area contributed by atoms with E-state index in [4.69, 9.17) is 4.74 Å². The zero-order valence-corrected chi connectivity index (χ0v) is 14.5. The molecule has 1 saturated heterocycles. The van der Waals surface area contributed by atoms with Crippen molar-refractivity contribution in [2.24, 2.45) is 4.99 Å². The van der Waals surface area contributed by atoms with E-state index in [-0.39, 0.29) is 12.1 Å². The van der Waals surface area contributed by atoms with Gasteiger partial charge < -0.3 is 15.4 Å². The summed E-state index contributed by atoms with van der Waals surface area (Å²) in [6, 6.07) is 4.12. The van der Waals surface area contributed by atoms with E-state index in [9.17, 15) is 8.78 Å². The summed E-state index contributed by atoms with van der Waals surface area (Å²) in [6.07, 6.45) is 0. The van der Waals surface area contributed by atoms with E-state index in [1.165, 1.54) is 6.07 Å². The lowest BCUT2D eigenvalue weighted by Gasteiger charge is -2.38. The summed E-state index contributed by atoms with van der Waals surface area (Å²) in [4.78, 5) is 6.51. The van der Waals surface area contributed by atoms with Crippen molar-refractivity contribution in [1.29, 1.82) is 0 Å². The Balaban J connectivity index is 1.83. The third-order valence-corrected chi connectivity index (χ3v) is 4.23. The summed E-state index contributed by atoms with van der Waals surface area (Å²) < 4.78 is 32.3. The van der Waals surface area contributed by atoms with Crippen LogP contribution >= 0.6 is 0 Å². The Morgan fingerprint density at radius 2 is 2.21 bits per heavy atom. The molecule has 0 aliphatic carbocycles. The van der Waals surface area contributed by atoms with Gasteiger partial charge in [0, 0.05) is 44.3 Å². The highest BCUT2D eigenvalue weighted by Crippen LogP contribution is 2.10. The van der Waals surface area contributed by atoms with Crippen molar-refractivity contribution < 1.29 is 13.5 Å². The Bertz CT molecular complexity index is 568. The molecule has 0 aromatic heterocycles. The van der Waals surface area contributed by atoms with Crippen LogP contribution in [0.5, 0.6) is 0 Å². The Kier molecular flexibility index (Phi) is 6.93. The summed E-state index contributed by atoms with van der Waals surface area (Å²) >= 11 is 0. The fourth-order valence-corrected chi connectivity index (χ4v) is 2.83. The second kappa shape index (κ2) is 8.94. The number of hydrogen-bond acceptors (Lipinski definition) is 3. The average molecular weight is 340 g/mol. The lowest BCUT2D eigenvalue weighted by molar-refractivity contribution is -0.0174. The molecule has 0 amide bonds. The molecule has 24 heavy (non-hydrogen) atoms. The molecular formula is C17H26F2N4O. The molecule has 1 heterocycles. The summed E-state index contributed by atoms with van der Waals surface area (Å²) in [5.74, 6) is -0.327. The molecule has 1 aromatic carbocycles. The Hall–Kier alpha value is -1.73. The summed E-state index contributed by atoms with van der Waals surface area (Å²) in [5.41, 5.74) is 0.271. The molecule has 2 unspecified atom stereocenters. The maximum absolute atomic E-state index is 13.6. The Morgan fingerprint density at radius 1 is 1.42 bits per heavy atom. The standard InChI is InChI=1S/C17H26F2N4O/c1-12(23-6-7-24-11-13(23)2)9-21-17(20-3)22-10-14-8-15(18)4-5-16(14)19/h4-5,8,12-13H,6-7,9-11H2,1-3H3,(H2,20,21,22). The van der Waals surface area contributed by atoms with Crippen LogP contribution < -0.4 is 10.6 Å². The first kappa shape index (κ1) is 18.6. The van der Waals surface area contributed by atoms with Gasteiger partial charge in [0.2, 0.25) is 0 Å². The minimum Gasteiger partial charge on any atom is -0.379 e. The number of nitrogens with one attached hydrogen (secondary N) is 2. The van der Waals surface area contributed by atoms with Gasteiger partial charge in [-0.1, -0.05) is 0 Å². The zero-order valence-electron chi connectivity index (χ0n) is 14.5. The molecule has 1 aromatic rings. The van der Waals surface area contributed by atoms with Crippen molar-refractivity contribution in [3.63, 3.8) is 0 Å². The van der Waals surface area contributed by atoms with E-state index in [1.54, 1.807) is 7.05 Å². The van der Waals surface area contributed by atoms with Gasteiger partial charge in [0.1, 0.15) is 11.6 Å². The first-order valence-corrected chi connectivity index (χ1v) is 8.23. The number of ether oxygens (including phenoxy) is 1. The predicted octanol–water partition coefficient (Wildman–Crippen LogP) is 1.74. The zero-order chi connectivity index (χ0) is 17.5. The summed E-state index contributed by atoms with van der Waals surface area (Å²) in [5, 5.41) is 6.24. The van der Waals surface area contributed by atoms with Gasteiger partial charge in [-0.25, -0.2) is 8.78 Å². The highest BCUT2D eigenvalue weighted by molar-refractivity contribution is 5.79. The minimum absolute atomic E-state index is 0.172. The van der Waals surface area contributed by atoms with E-state index in [0.29, 0.717) is 24.6 Å². The maximum atomic E-state index is 13.6. The first-order valence-electron chi connectivity index (χ1n) is 8.23. The van der Waals surface area contributed by atoms with Crippen LogP contribution in [0.2, 0.25) is 0 Å². The number of hydrogen-bond donors (Lipinski definition) is 2. The molecule has 2 atom stereocenters. The molecule has 0 bridgehead atoms. The van der Waals surface area contributed by atoms with Gasteiger partial charge in [0.15, 0.2) is 5.96 Å². The number of nitrogens with zero attached hydrogens (tertiary/aromatic N) is 2. The number of halogens is 2. The van der Waals surface area contributed by atoms with Crippen LogP contribution in [0.1, 0.15) is 19.4 Å². The smallest absolute Gasteiger partial charge is 0.191 e. The second-order valence-corrected chi connectivity index (χ2v) is 6.05. The summed E-state index contributed by atoms with van der Waals surface area (Å²) in [6.45, 7) is 7.58. The molecule has 2 N–H and O–H groups in total. The lowest BCUT2D eigenvalue weighted by atomic mass is 10.2. The fourth-order valence-electron chi connectivity index (χ4n) is 2.83. The van der Waals surface area contributed by atoms with E-state index in [2.05, 4.69) is 34.4 Å². The molecule has 134 valence electrons. The lowest BCUT2D eigenvalue weighted by Crippen LogP contribution is -2.53. The maximum Gasteiger partial charge on any atom is 0.191 e. The number of rotatable bonds is 5. The van der Waals surface area contributed by atoms with Gasteiger partial charge in [-0.2, -0.15) is 0 Å². The van der Waals surface area contributed by atoms with Gasteiger partial charge in [-0.3, -0.25) is 9.89 Å². The van der Waals surface area contributed by atoms with Gasteiger partial charge in [-0.15, -0.1) is 0 Å². The fraction of sp³-hybridized carbons (Fsp3) is 0.588. The SMILES string of the molecule is CN=C(NCc1cc(F)ccc1F)NCC(C)N1CCOCC1C. The molecule has 0 spiro atoms. The van der Waals surface area contributed by atoms with Crippen molar-refractivity contribution >= 4 is 5.96 Å². The van der Waals surface area contributed by atoms with E-state index in [1.807, 2.05) is 0 Å². The average Bonchev–Trinajstić information content (AvgIpc) is 2.58. The van der Waals surface area contributed by atoms with E-state index >= 15 is 0 Å². The van der Waals surface area contributed by atoms with Gasteiger partial charge in [-0.05, 0) is 32.0 Å². The van der Waals surface area contributed by atoms with Crippen LogP contribution in [0.15, 0.2) is 23.2 Å². The molecule has 1 fully saturated rings. The van der Waals surface area contributed by atoms with E-state index < -0.39 is 11.6 Å². The van der Waals surface area contributed by atoms with Gasteiger partial charge >= 0.3 is 0 Å². The van der Waals surface area contributed by atoms with Crippen LogP contribution in [0.25, 0.3) is 0 Å². The number of benzene rings is 1. The molecule has 5 nitrogen and oxygen atoms in total. The third-order valence-electron chi connectivity index (χ3n) is 4.23. The molecule has 1 aliphatic rings. The topological polar surface area (TPSA) is 48.9 Å².